The number of furan rings is 1. The van der Waals surface area contributed by atoms with Crippen LogP contribution in [0.15, 0.2) is 52.3 Å². The summed E-state index contributed by atoms with van der Waals surface area (Å²) in [6, 6.07) is 9.32. The van der Waals surface area contributed by atoms with Crippen LogP contribution in [0, 0.1) is 0 Å². The van der Waals surface area contributed by atoms with E-state index in [2.05, 4.69) is 32.7 Å². The predicted octanol–water partition coefficient (Wildman–Crippen LogP) is 4.24. The number of benzene rings is 1. The molecule has 9 heteroatoms. The molecule has 154 valence electrons. The Morgan fingerprint density at radius 2 is 2.14 bits per heavy atom. The second kappa shape index (κ2) is 10.3. The molecule has 29 heavy (non-hydrogen) atoms. The van der Waals surface area contributed by atoms with Crippen molar-refractivity contribution in [3.05, 3.63) is 70.1 Å². The van der Waals surface area contributed by atoms with Crippen LogP contribution in [0.3, 0.4) is 0 Å². The van der Waals surface area contributed by atoms with Crippen molar-refractivity contribution in [3.8, 4) is 0 Å². The van der Waals surface area contributed by atoms with Crippen LogP contribution in [0.1, 0.15) is 37.0 Å². The van der Waals surface area contributed by atoms with E-state index in [0.29, 0.717) is 29.1 Å². The van der Waals surface area contributed by atoms with Gasteiger partial charge in [0.1, 0.15) is 24.5 Å². The second-order valence-electron chi connectivity index (χ2n) is 6.50. The standard InChI is InChI=1S/C20H24Cl2N6O/c1-3-19-27-25-13-28(19)9-8-23-20(24-12-16-5-4-10-29-16)26-14(2)15-6-7-17(21)18(22)11-15/h4-7,10-11,13-14H,3,8-9,12H2,1-2H3,(H2,23,24,26). The van der Waals surface area contributed by atoms with Gasteiger partial charge >= 0.3 is 0 Å². The molecule has 0 saturated carbocycles. The molecule has 0 aliphatic carbocycles. The van der Waals surface area contributed by atoms with Gasteiger partial charge in [-0.05, 0) is 36.8 Å². The van der Waals surface area contributed by atoms with E-state index in [9.17, 15) is 0 Å². The lowest BCUT2D eigenvalue weighted by Crippen LogP contribution is -2.40. The maximum atomic E-state index is 6.16. The lowest BCUT2D eigenvalue weighted by atomic mass is 10.1. The first-order chi connectivity index (χ1) is 14.1. The SMILES string of the molecule is CCc1nncn1CCNC(=NCc1ccco1)NC(C)c1ccc(Cl)c(Cl)c1. The van der Waals surface area contributed by atoms with Crippen molar-refractivity contribution in [1.29, 1.82) is 0 Å². The average Bonchev–Trinajstić information content (AvgIpc) is 3.39. The molecule has 1 aromatic carbocycles. The normalized spacial score (nSPS) is 12.8. The Balaban J connectivity index is 1.66. The molecule has 3 aromatic rings. The van der Waals surface area contributed by atoms with Crippen LogP contribution >= 0.6 is 23.2 Å². The fourth-order valence-electron chi connectivity index (χ4n) is 2.82. The van der Waals surface area contributed by atoms with E-state index < -0.39 is 0 Å². The highest BCUT2D eigenvalue weighted by Crippen LogP contribution is 2.25. The number of aromatic nitrogens is 3. The van der Waals surface area contributed by atoms with Crippen molar-refractivity contribution in [2.75, 3.05) is 6.54 Å². The summed E-state index contributed by atoms with van der Waals surface area (Å²) >= 11 is 12.2. The van der Waals surface area contributed by atoms with Gasteiger partial charge in [0.25, 0.3) is 0 Å². The molecule has 1 atom stereocenters. The number of aryl methyl sites for hydroxylation is 1. The van der Waals surface area contributed by atoms with Gasteiger partial charge in [0.2, 0.25) is 0 Å². The molecule has 0 saturated heterocycles. The van der Waals surface area contributed by atoms with Gasteiger partial charge < -0.3 is 19.6 Å². The summed E-state index contributed by atoms with van der Waals surface area (Å²) in [5.74, 6) is 2.42. The average molecular weight is 435 g/mol. The predicted molar refractivity (Wildman–Crippen MR) is 115 cm³/mol. The highest BCUT2D eigenvalue weighted by molar-refractivity contribution is 6.42. The molecule has 7 nitrogen and oxygen atoms in total. The van der Waals surface area contributed by atoms with Gasteiger partial charge in [-0.2, -0.15) is 0 Å². The number of hydrogen-bond donors (Lipinski definition) is 2. The Morgan fingerprint density at radius 3 is 2.86 bits per heavy atom. The van der Waals surface area contributed by atoms with Crippen molar-refractivity contribution in [1.82, 2.24) is 25.4 Å². The van der Waals surface area contributed by atoms with E-state index in [-0.39, 0.29) is 6.04 Å². The van der Waals surface area contributed by atoms with Gasteiger partial charge in [-0.3, -0.25) is 0 Å². The maximum absolute atomic E-state index is 6.16. The Hall–Kier alpha value is -2.51. The first-order valence-electron chi connectivity index (χ1n) is 9.45. The fourth-order valence-corrected chi connectivity index (χ4v) is 3.12. The van der Waals surface area contributed by atoms with Gasteiger partial charge in [-0.1, -0.05) is 36.2 Å². The highest BCUT2D eigenvalue weighted by atomic mass is 35.5. The fraction of sp³-hybridized carbons (Fsp3) is 0.350. The van der Waals surface area contributed by atoms with Gasteiger partial charge in [0.05, 0.1) is 22.4 Å². The summed E-state index contributed by atoms with van der Waals surface area (Å²) in [7, 11) is 0. The third-order valence-corrected chi connectivity index (χ3v) is 5.17. The number of nitrogens with zero attached hydrogens (tertiary/aromatic N) is 4. The first-order valence-corrected chi connectivity index (χ1v) is 10.2. The van der Waals surface area contributed by atoms with E-state index in [1.54, 1.807) is 18.7 Å². The van der Waals surface area contributed by atoms with Crippen LogP contribution in [-0.4, -0.2) is 27.3 Å². The first kappa shape index (κ1) is 21.2. The molecule has 0 spiro atoms. The van der Waals surface area contributed by atoms with E-state index in [1.807, 2.05) is 35.8 Å². The summed E-state index contributed by atoms with van der Waals surface area (Å²) in [6.07, 6.45) is 4.22. The molecule has 2 heterocycles. The summed E-state index contributed by atoms with van der Waals surface area (Å²) in [5.41, 5.74) is 1.01. The van der Waals surface area contributed by atoms with Crippen molar-refractivity contribution in [2.45, 2.75) is 39.4 Å². The van der Waals surface area contributed by atoms with Crippen LogP contribution in [0.25, 0.3) is 0 Å². The summed E-state index contributed by atoms with van der Waals surface area (Å²) in [5, 5.41) is 15.9. The molecule has 0 aliphatic heterocycles. The molecular weight excluding hydrogens is 411 g/mol. The Labute approximate surface area is 180 Å². The van der Waals surface area contributed by atoms with E-state index in [4.69, 9.17) is 27.6 Å². The van der Waals surface area contributed by atoms with Crippen molar-refractivity contribution < 1.29 is 4.42 Å². The second-order valence-corrected chi connectivity index (χ2v) is 7.32. The lowest BCUT2D eigenvalue weighted by Gasteiger charge is -2.19. The van der Waals surface area contributed by atoms with Crippen LogP contribution in [0.5, 0.6) is 0 Å². The topological polar surface area (TPSA) is 80.3 Å². The van der Waals surface area contributed by atoms with Gasteiger partial charge in [-0.15, -0.1) is 10.2 Å². The minimum absolute atomic E-state index is 0.0197. The van der Waals surface area contributed by atoms with E-state index in [0.717, 1.165) is 30.1 Å². The number of hydrogen-bond acceptors (Lipinski definition) is 4. The van der Waals surface area contributed by atoms with E-state index in [1.165, 1.54) is 0 Å². The number of rotatable bonds is 8. The zero-order valence-electron chi connectivity index (χ0n) is 16.4. The molecule has 1 unspecified atom stereocenters. The summed E-state index contributed by atoms with van der Waals surface area (Å²) in [4.78, 5) is 4.63. The Morgan fingerprint density at radius 1 is 1.28 bits per heavy atom. The zero-order chi connectivity index (χ0) is 20.6. The van der Waals surface area contributed by atoms with Crippen molar-refractivity contribution in [2.24, 2.45) is 4.99 Å². The minimum Gasteiger partial charge on any atom is -0.467 e. The van der Waals surface area contributed by atoms with Gasteiger partial charge in [0.15, 0.2) is 5.96 Å². The molecule has 0 fully saturated rings. The Kier molecular flexibility index (Phi) is 7.55. The molecular formula is C20H24Cl2N6O. The zero-order valence-corrected chi connectivity index (χ0v) is 17.9. The van der Waals surface area contributed by atoms with E-state index >= 15 is 0 Å². The smallest absolute Gasteiger partial charge is 0.192 e. The van der Waals surface area contributed by atoms with Gasteiger partial charge in [0, 0.05) is 19.5 Å². The number of halogens is 2. The third-order valence-electron chi connectivity index (χ3n) is 4.43. The Bertz CT molecular complexity index is 938. The molecule has 2 aromatic heterocycles. The number of aliphatic imine (C=N–C) groups is 1. The number of guanidine groups is 1. The highest BCUT2D eigenvalue weighted by Gasteiger charge is 2.11. The summed E-state index contributed by atoms with van der Waals surface area (Å²) in [6.45, 7) is 5.94. The molecule has 2 N–H and O–H groups in total. The van der Waals surface area contributed by atoms with Crippen molar-refractivity contribution in [3.63, 3.8) is 0 Å². The lowest BCUT2D eigenvalue weighted by molar-refractivity contribution is 0.511. The molecule has 0 aliphatic rings. The largest absolute Gasteiger partial charge is 0.467 e. The van der Waals surface area contributed by atoms with Crippen molar-refractivity contribution >= 4 is 29.2 Å². The third kappa shape index (κ3) is 5.98. The maximum Gasteiger partial charge on any atom is 0.192 e. The van der Waals surface area contributed by atoms with Crippen LogP contribution in [-0.2, 0) is 19.5 Å². The minimum atomic E-state index is -0.0197. The molecule has 0 amide bonds. The number of nitrogens with one attached hydrogen (secondary N) is 2. The van der Waals surface area contributed by atoms with Crippen LogP contribution < -0.4 is 10.6 Å². The quantitative estimate of drug-likeness (QED) is 0.409. The molecule has 3 rings (SSSR count). The molecule has 0 radical (unpaired) electrons. The van der Waals surface area contributed by atoms with Gasteiger partial charge in [-0.25, -0.2) is 4.99 Å². The van der Waals surface area contributed by atoms with Crippen LogP contribution in [0.4, 0.5) is 0 Å². The monoisotopic (exact) mass is 434 g/mol. The summed E-state index contributed by atoms with van der Waals surface area (Å²) < 4.78 is 7.41. The van der Waals surface area contributed by atoms with Crippen LogP contribution in [0.2, 0.25) is 10.0 Å². The molecule has 0 bridgehead atoms.